The third-order valence-corrected chi connectivity index (χ3v) is 5.34. The van der Waals surface area contributed by atoms with Crippen LogP contribution in [-0.2, 0) is 25.5 Å². The molecule has 2 rings (SSSR count). The number of carbonyl (C=O) groups excluding carboxylic acids is 3. The van der Waals surface area contributed by atoms with Gasteiger partial charge in [0.05, 0.1) is 13.2 Å². The zero-order valence-electron chi connectivity index (χ0n) is 18.6. The van der Waals surface area contributed by atoms with Crippen molar-refractivity contribution in [2.45, 2.75) is 71.2 Å². The van der Waals surface area contributed by atoms with Crippen LogP contribution in [0.25, 0.3) is 0 Å². The molecule has 1 aliphatic heterocycles. The lowest BCUT2D eigenvalue weighted by Crippen LogP contribution is -2.58. The molecule has 1 aromatic rings. The fourth-order valence-corrected chi connectivity index (χ4v) is 3.31. The lowest BCUT2D eigenvalue weighted by atomic mass is 10.0. The molecule has 1 fully saturated rings. The van der Waals surface area contributed by atoms with Gasteiger partial charge in [-0.3, -0.25) is 4.79 Å². The largest absolute Gasteiger partial charge is 0.467 e. The Hall–Kier alpha value is -2.61. The molecule has 0 spiro atoms. The zero-order chi connectivity index (χ0) is 22.5. The van der Waals surface area contributed by atoms with Gasteiger partial charge in [0.1, 0.15) is 17.7 Å². The average Bonchev–Trinajstić information content (AvgIpc) is 2.88. The zero-order valence-corrected chi connectivity index (χ0v) is 18.6. The van der Waals surface area contributed by atoms with Crippen LogP contribution < -0.4 is 10.7 Å². The highest BCUT2D eigenvalue weighted by Crippen LogP contribution is 2.27. The van der Waals surface area contributed by atoms with Crippen LogP contribution in [0.1, 0.15) is 46.6 Å². The van der Waals surface area contributed by atoms with Crippen molar-refractivity contribution in [1.29, 1.82) is 0 Å². The summed E-state index contributed by atoms with van der Waals surface area (Å²) in [5.41, 5.74) is 3.26. The lowest BCUT2D eigenvalue weighted by Gasteiger charge is -2.30. The molecule has 2 N–H and O–H groups in total. The maximum absolute atomic E-state index is 13.2. The van der Waals surface area contributed by atoms with Gasteiger partial charge >= 0.3 is 12.1 Å². The number of hydrazine groups is 1. The van der Waals surface area contributed by atoms with Crippen molar-refractivity contribution in [3.8, 4) is 0 Å². The van der Waals surface area contributed by atoms with Crippen molar-refractivity contribution < 1.29 is 23.9 Å². The second-order valence-corrected chi connectivity index (χ2v) is 8.60. The molecule has 0 bridgehead atoms. The molecule has 8 heteroatoms. The first-order valence-corrected chi connectivity index (χ1v) is 10.3. The van der Waals surface area contributed by atoms with E-state index in [1.165, 1.54) is 12.1 Å². The van der Waals surface area contributed by atoms with Gasteiger partial charge in [-0.25, -0.2) is 20.0 Å². The quantitative estimate of drug-likeness (QED) is 0.597. The fraction of sp³-hybridized carbons (Fsp3) is 0.591. The van der Waals surface area contributed by atoms with Crippen molar-refractivity contribution >= 4 is 18.0 Å². The summed E-state index contributed by atoms with van der Waals surface area (Å²) in [6, 6.07) is 7.64. The fourth-order valence-electron chi connectivity index (χ4n) is 3.31. The van der Waals surface area contributed by atoms with Crippen molar-refractivity contribution in [3.05, 3.63) is 35.9 Å². The number of cyclic esters (lactones) is 1. The number of hydrogen-bond donors (Lipinski definition) is 2. The van der Waals surface area contributed by atoms with Gasteiger partial charge in [0.15, 0.2) is 0 Å². The van der Waals surface area contributed by atoms with Crippen LogP contribution in [0.3, 0.4) is 0 Å². The molecule has 0 aliphatic carbocycles. The molecule has 2 amide bonds. The lowest BCUT2D eigenvalue weighted by molar-refractivity contribution is -0.146. The smallest absolute Gasteiger partial charge is 0.425 e. The summed E-state index contributed by atoms with van der Waals surface area (Å²) in [7, 11) is 1.30. The van der Waals surface area contributed by atoms with Gasteiger partial charge in [-0.2, -0.15) is 0 Å². The number of nitrogens with one attached hydrogen (secondary N) is 2. The Morgan fingerprint density at radius 3 is 2.33 bits per heavy atom. The molecular weight excluding hydrogens is 386 g/mol. The number of nitrogens with zero attached hydrogens (tertiary/aromatic N) is 1. The van der Waals surface area contributed by atoms with Crippen LogP contribution in [0.2, 0.25) is 0 Å². The van der Waals surface area contributed by atoms with E-state index in [1.807, 2.05) is 65.0 Å². The number of ether oxygens (including phenoxy) is 2. The molecule has 1 unspecified atom stereocenters. The number of carbonyl (C=O) groups is 3. The summed E-state index contributed by atoms with van der Waals surface area (Å²) in [6.45, 7) is 9.42. The molecule has 1 aromatic carbocycles. The van der Waals surface area contributed by atoms with Crippen LogP contribution in [0, 0.1) is 5.92 Å². The molecule has 166 valence electrons. The molecule has 8 nitrogen and oxygen atoms in total. The van der Waals surface area contributed by atoms with E-state index in [-0.39, 0.29) is 17.9 Å². The van der Waals surface area contributed by atoms with Crippen molar-refractivity contribution in [2.24, 2.45) is 5.92 Å². The van der Waals surface area contributed by atoms with Crippen LogP contribution >= 0.6 is 0 Å². The van der Waals surface area contributed by atoms with Gasteiger partial charge in [0.25, 0.3) is 0 Å². The SMILES string of the molecule is COC(=O)[C@H](CC(C)C)NC(=O)[C@H](Cc1ccccc1)NN1C(=O)OC(C)(C)C1C. The predicted octanol–water partition coefficient (Wildman–Crippen LogP) is 2.43. The van der Waals surface area contributed by atoms with Gasteiger partial charge in [-0.05, 0) is 45.1 Å². The van der Waals surface area contributed by atoms with Crippen LogP contribution in [0.4, 0.5) is 4.79 Å². The van der Waals surface area contributed by atoms with Crippen molar-refractivity contribution in [1.82, 2.24) is 15.8 Å². The summed E-state index contributed by atoms with van der Waals surface area (Å²) in [4.78, 5) is 37.7. The molecule has 3 atom stereocenters. The van der Waals surface area contributed by atoms with E-state index in [4.69, 9.17) is 9.47 Å². The first kappa shape index (κ1) is 23.7. The Bertz CT molecular complexity index is 750. The molecule has 1 saturated heterocycles. The summed E-state index contributed by atoms with van der Waals surface area (Å²) < 4.78 is 10.3. The highest BCUT2D eigenvalue weighted by Gasteiger charge is 2.46. The molecule has 0 saturated carbocycles. The molecular formula is C22H33N3O5. The number of rotatable bonds is 9. The van der Waals surface area contributed by atoms with E-state index >= 15 is 0 Å². The third kappa shape index (κ3) is 5.95. The van der Waals surface area contributed by atoms with Crippen LogP contribution in [-0.4, -0.2) is 53.8 Å². The van der Waals surface area contributed by atoms with Crippen molar-refractivity contribution in [2.75, 3.05) is 7.11 Å². The standard InChI is InChI=1S/C22H33N3O5/c1-14(2)12-18(20(27)29-6)23-19(26)17(13-16-10-8-7-9-11-16)24-25-15(3)22(4,5)30-21(25)28/h7-11,14-15,17-18,24H,12-13H2,1-6H3,(H,23,26)/t15?,17-,18-/m0/s1. The Morgan fingerprint density at radius 1 is 1.20 bits per heavy atom. The highest BCUT2D eigenvalue weighted by atomic mass is 16.6. The van der Waals surface area contributed by atoms with Gasteiger partial charge < -0.3 is 14.8 Å². The monoisotopic (exact) mass is 419 g/mol. The number of methoxy groups -OCH3 is 1. The minimum Gasteiger partial charge on any atom is -0.467 e. The Balaban J connectivity index is 2.23. The van der Waals surface area contributed by atoms with Crippen molar-refractivity contribution in [3.63, 3.8) is 0 Å². The van der Waals surface area contributed by atoms with Gasteiger partial charge in [0, 0.05) is 0 Å². The maximum Gasteiger partial charge on any atom is 0.425 e. The topological polar surface area (TPSA) is 97.0 Å². The van der Waals surface area contributed by atoms with Gasteiger partial charge in [-0.15, -0.1) is 0 Å². The van der Waals surface area contributed by atoms with E-state index in [0.29, 0.717) is 12.8 Å². The number of amides is 2. The van der Waals surface area contributed by atoms with E-state index in [9.17, 15) is 14.4 Å². The van der Waals surface area contributed by atoms with E-state index in [1.54, 1.807) is 0 Å². The summed E-state index contributed by atoms with van der Waals surface area (Å²) >= 11 is 0. The second kappa shape index (κ2) is 9.93. The maximum atomic E-state index is 13.2. The van der Waals surface area contributed by atoms with Crippen LogP contribution in [0.5, 0.6) is 0 Å². The first-order valence-electron chi connectivity index (χ1n) is 10.3. The highest BCUT2D eigenvalue weighted by molar-refractivity contribution is 5.88. The Kier molecular flexibility index (Phi) is 7.83. The minimum atomic E-state index is -0.782. The normalized spacial score (nSPS) is 19.9. The second-order valence-electron chi connectivity index (χ2n) is 8.60. The summed E-state index contributed by atoms with van der Waals surface area (Å²) in [5.74, 6) is -0.700. The predicted molar refractivity (Wildman–Crippen MR) is 112 cm³/mol. The summed E-state index contributed by atoms with van der Waals surface area (Å²) in [5, 5.41) is 4.14. The Labute approximate surface area is 178 Å². The number of esters is 1. The minimum absolute atomic E-state index is 0.185. The summed E-state index contributed by atoms with van der Waals surface area (Å²) in [6.07, 6.45) is 0.246. The molecule has 0 aromatic heterocycles. The van der Waals surface area contributed by atoms with Gasteiger partial charge in [-0.1, -0.05) is 44.2 Å². The Morgan fingerprint density at radius 2 is 1.83 bits per heavy atom. The molecule has 1 aliphatic rings. The average molecular weight is 420 g/mol. The van der Waals surface area contributed by atoms with E-state index in [0.717, 1.165) is 5.56 Å². The third-order valence-electron chi connectivity index (χ3n) is 5.34. The van der Waals surface area contributed by atoms with Gasteiger partial charge in [0.2, 0.25) is 5.91 Å². The molecule has 30 heavy (non-hydrogen) atoms. The number of benzene rings is 1. The van der Waals surface area contributed by atoms with E-state index in [2.05, 4.69) is 10.7 Å². The molecule has 0 radical (unpaired) electrons. The first-order chi connectivity index (χ1) is 14.0. The number of hydrogen-bond acceptors (Lipinski definition) is 6. The van der Waals surface area contributed by atoms with Crippen LogP contribution in [0.15, 0.2) is 30.3 Å². The molecule has 1 heterocycles. The van der Waals surface area contributed by atoms with E-state index < -0.39 is 29.7 Å².